The first-order chi connectivity index (χ1) is 16.1. The van der Waals surface area contributed by atoms with Crippen LogP contribution in [0.5, 0.6) is 11.5 Å². The maximum absolute atomic E-state index is 13.4. The second-order valence-corrected chi connectivity index (χ2v) is 8.62. The summed E-state index contributed by atoms with van der Waals surface area (Å²) in [6.07, 6.45) is 2.59. The fourth-order valence-electron chi connectivity index (χ4n) is 3.57. The molecule has 3 aromatic rings. The number of hydrogen-bond donors (Lipinski definition) is 0. The minimum absolute atomic E-state index is 0.0633. The van der Waals surface area contributed by atoms with E-state index in [1.165, 1.54) is 22.9 Å². The maximum atomic E-state index is 13.4. The SMILES string of the molecule is COc1cccc(/C=C2/SC(=Nc3ccc(C)cc3)N(CCc3ccccc3)C2=O)c1OC. The van der Waals surface area contributed by atoms with Crippen LogP contribution in [0.3, 0.4) is 0 Å². The summed E-state index contributed by atoms with van der Waals surface area (Å²) in [5.41, 5.74) is 3.95. The third-order valence-corrected chi connectivity index (χ3v) is 6.34. The zero-order chi connectivity index (χ0) is 23.2. The first-order valence-corrected chi connectivity index (χ1v) is 11.5. The molecular weight excluding hydrogens is 432 g/mol. The zero-order valence-electron chi connectivity index (χ0n) is 18.9. The Morgan fingerprint density at radius 2 is 1.70 bits per heavy atom. The number of nitrogens with zero attached hydrogens (tertiary/aromatic N) is 2. The lowest BCUT2D eigenvalue weighted by molar-refractivity contribution is -0.122. The summed E-state index contributed by atoms with van der Waals surface area (Å²) in [6.45, 7) is 2.59. The van der Waals surface area contributed by atoms with Crippen LogP contribution < -0.4 is 9.47 Å². The Balaban J connectivity index is 1.68. The van der Waals surface area contributed by atoms with E-state index in [4.69, 9.17) is 14.5 Å². The van der Waals surface area contributed by atoms with Crippen LogP contribution >= 0.6 is 11.8 Å². The predicted octanol–water partition coefficient (Wildman–Crippen LogP) is 5.86. The predicted molar refractivity (Wildman–Crippen MR) is 135 cm³/mol. The summed E-state index contributed by atoms with van der Waals surface area (Å²) in [5.74, 6) is 1.16. The molecule has 0 aliphatic carbocycles. The lowest BCUT2D eigenvalue weighted by Gasteiger charge is -2.15. The number of para-hydroxylation sites is 1. The van der Waals surface area contributed by atoms with Crippen molar-refractivity contribution in [1.82, 2.24) is 4.90 Å². The summed E-state index contributed by atoms with van der Waals surface area (Å²) < 4.78 is 11.0. The molecule has 0 radical (unpaired) electrons. The molecule has 0 spiro atoms. The van der Waals surface area contributed by atoms with Crippen molar-refractivity contribution in [2.75, 3.05) is 20.8 Å². The monoisotopic (exact) mass is 458 g/mol. The van der Waals surface area contributed by atoms with E-state index >= 15 is 0 Å². The minimum atomic E-state index is -0.0633. The fourth-order valence-corrected chi connectivity index (χ4v) is 4.59. The van der Waals surface area contributed by atoms with Gasteiger partial charge in [0.05, 0.1) is 24.8 Å². The third kappa shape index (κ3) is 5.29. The topological polar surface area (TPSA) is 51.1 Å². The molecule has 1 heterocycles. The summed E-state index contributed by atoms with van der Waals surface area (Å²) in [4.78, 5) is 20.6. The van der Waals surface area contributed by atoms with Crippen molar-refractivity contribution in [3.05, 3.63) is 94.4 Å². The van der Waals surface area contributed by atoms with Gasteiger partial charge in [-0.15, -0.1) is 0 Å². The van der Waals surface area contributed by atoms with Gasteiger partial charge in [0.15, 0.2) is 16.7 Å². The number of carbonyl (C=O) groups excluding carboxylic acids is 1. The first kappa shape index (κ1) is 22.7. The minimum Gasteiger partial charge on any atom is -0.493 e. The van der Waals surface area contributed by atoms with Crippen molar-refractivity contribution >= 4 is 34.6 Å². The Labute approximate surface area is 198 Å². The van der Waals surface area contributed by atoms with Gasteiger partial charge in [-0.1, -0.05) is 60.2 Å². The van der Waals surface area contributed by atoms with E-state index in [1.54, 1.807) is 19.1 Å². The Morgan fingerprint density at radius 3 is 2.39 bits per heavy atom. The van der Waals surface area contributed by atoms with Crippen LogP contribution in [-0.2, 0) is 11.2 Å². The Hall–Kier alpha value is -3.51. The molecule has 0 atom stereocenters. The highest BCUT2D eigenvalue weighted by Gasteiger charge is 2.33. The molecule has 1 amide bonds. The molecule has 33 heavy (non-hydrogen) atoms. The van der Waals surface area contributed by atoms with E-state index in [0.29, 0.717) is 28.1 Å². The van der Waals surface area contributed by atoms with Crippen LogP contribution in [0.1, 0.15) is 16.7 Å². The lowest BCUT2D eigenvalue weighted by Crippen LogP contribution is -2.31. The number of benzene rings is 3. The highest BCUT2D eigenvalue weighted by molar-refractivity contribution is 8.18. The van der Waals surface area contributed by atoms with E-state index < -0.39 is 0 Å². The number of amides is 1. The highest BCUT2D eigenvalue weighted by atomic mass is 32.2. The van der Waals surface area contributed by atoms with Crippen LogP contribution in [-0.4, -0.2) is 36.7 Å². The van der Waals surface area contributed by atoms with Crippen molar-refractivity contribution < 1.29 is 14.3 Å². The fraction of sp³-hybridized carbons (Fsp3) is 0.185. The van der Waals surface area contributed by atoms with Crippen molar-refractivity contribution in [3.63, 3.8) is 0 Å². The van der Waals surface area contributed by atoms with Crippen molar-refractivity contribution in [2.45, 2.75) is 13.3 Å². The van der Waals surface area contributed by atoms with Crippen molar-refractivity contribution in [2.24, 2.45) is 4.99 Å². The Morgan fingerprint density at radius 1 is 0.939 bits per heavy atom. The van der Waals surface area contributed by atoms with Gasteiger partial charge in [0.2, 0.25) is 0 Å². The van der Waals surface area contributed by atoms with Gasteiger partial charge in [0, 0.05) is 12.1 Å². The van der Waals surface area contributed by atoms with Gasteiger partial charge in [0.25, 0.3) is 5.91 Å². The number of carbonyl (C=O) groups is 1. The molecule has 1 fully saturated rings. The normalized spacial score (nSPS) is 16.0. The van der Waals surface area contributed by atoms with Crippen LogP contribution in [0.4, 0.5) is 5.69 Å². The molecule has 1 saturated heterocycles. The van der Waals surface area contributed by atoms with Gasteiger partial charge in [-0.2, -0.15) is 0 Å². The third-order valence-electron chi connectivity index (χ3n) is 5.33. The number of ether oxygens (including phenoxy) is 2. The molecule has 1 aliphatic heterocycles. The van der Waals surface area contributed by atoms with Crippen LogP contribution in [0.25, 0.3) is 6.08 Å². The smallest absolute Gasteiger partial charge is 0.266 e. The van der Waals surface area contributed by atoms with Gasteiger partial charge >= 0.3 is 0 Å². The summed E-state index contributed by atoms with van der Waals surface area (Å²) in [5, 5.41) is 0.674. The van der Waals surface area contributed by atoms with Crippen molar-refractivity contribution in [3.8, 4) is 11.5 Å². The Kier molecular flexibility index (Phi) is 7.15. The number of methoxy groups -OCH3 is 2. The van der Waals surface area contributed by atoms with Crippen LogP contribution in [0.15, 0.2) is 82.7 Å². The number of hydrogen-bond acceptors (Lipinski definition) is 5. The number of aryl methyl sites for hydroxylation is 1. The molecule has 168 valence electrons. The largest absolute Gasteiger partial charge is 0.493 e. The van der Waals surface area contributed by atoms with Crippen LogP contribution in [0, 0.1) is 6.92 Å². The molecule has 1 aliphatic rings. The lowest BCUT2D eigenvalue weighted by atomic mass is 10.1. The van der Waals surface area contributed by atoms with Gasteiger partial charge < -0.3 is 9.47 Å². The number of amidine groups is 1. The van der Waals surface area contributed by atoms with E-state index in [2.05, 4.69) is 12.1 Å². The van der Waals surface area contributed by atoms with E-state index in [0.717, 1.165) is 17.7 Å². The molecule has 5 nitrogen and oxygen atoms in total. The van der Waals surface area contributed by atoms with Gasteiger partial charge in [-0.05, 0) is 54.9 Å². The molecule has 0 N–H and O–H groups in total. The Bertz CT molecular complexity index is 1190. The summed E-state index contributed by atoms with van der Waals surface area (Å²) in [7, 11) is 3.20. The number of aliphatic imine (C=N–C) groups is 1. The average Bonchev–Trinajstić information content (AvgIpc) is 3.13. The van der Waals surface area contributed by atoms with Gasteiger partial charge in [0.1, 0.15) is 0 Å². The first-order valence-electron chi connectivity index (χ1n) is 10.7. The maximum Gasteiger partial charge on any atom is 0.266 e. The molecule has 0 unspecified atom stereocenters. The zero-order valence-corrected chi connectivity index (χ0v) is 19.8. The summed E-state index contributed by atoms with van der Waals surface area (Å²) >= 11 is 1.38. The standard InChI is InChI=1S/C27H26N2O3S/c1-19-12-14-22(15-13-19)28-27-29(17-16-20-8-5-4-6-9-20)26(30)24(33-27)18-21-10-7-11-23(31-2)25(21)32-3/h4-15,18H,16-17H2,1-3H3/b24-18+,28-27?. The average molecular weight is 459 g/mol. The number of rotatable bonds is 7. The molecule has 3 aromatic carbocycles. The second kappa shape index (κ2) is 10.4. The molecule has 0 saturated carbocycles. The second-order valence-electron chi connectivity index (χ2n) is 7.62. The van der Waals surface area contributed by atoms with Crippen molar-refractivity contribution in [1.29, 1.82) is 0 Å². The molecular formula is C27H26N2O3S. The van der Waals surface area contributed by atoms with E-state index in [-0.39, 0.29) is 5.91 Å². The van der Waals surface area contributed by atoms with E-state index in [9.17, 15) is 4.79 Å². The summed E-state index contributed by atoms with van der Waals surface area (Å²) in [6, 6.07) is 23.8. The molecule has 0 bridgehead atoms. The molecule has 4 rings (SSSR count). The quantitative estimate of drug-likeness (QED) is 0.416. The van der Waals surface area contributed by atoms with Gasteiger partial charge in [-0.25, -0.2) is 4.99 Å². The molecule has 0 aromatic heterocycles. The van der Waals surface area contributed by atoms with Gasteiger partial charge in [-0.3, -0.25) is 9.69 Å². The highest BCUT2D eigenvalue weighted by Crippen LogP contribution is 2.38. The van der Waals surface area contributed by atoms with Crippen LogP contribution in [0.2, 0.25) is 0 Å². The molecule has 6 heteroatoms. The van der Waals surface area contributed by atoms with E-state index in [1.807, 2.05) is 73.7 Å². The number of thioether (sulfide) groups is 1.